The molecule has 0 saturated heterocycles. The summed E-state index contributed by atoms with van der Waals surface area (Å²) >= 11 is 1.80. The fourth-order valence-corrected chi connectivity index (χ4v) is 3.53. The zero-order valence-corrected chi connectivity index (χ0v) is 13.2. The number of nitrogens with zero attached hydrogens (tertiary/aromatic N) is 2. The fraction of sp³-hybridized carbons (Fsp3) is 0.222. The number of carbonyl (C=O) groups excluding carboxylic acids is 1. The summed E-state index contributed by atoms with van der Waals surface area (Å²) in [4.78, 5) is 15.4. The van der Waals surface area contributed by atoms with Gasteiger partial charge in [0.25, 0.3) is 5.91 Å². The Morgan fingerprint density at radius 3 is 3.05 bits per heavy atom. The average Bonchev–Trinajstić information content (AvgIpc) is 2.78. The minimum Gasteiger partial charge on any atom is -0.289 e. The number of carbonyl (C=O) groups is 1. The van der Waals surface area contributed by atoms with Gasteiger partial charge in [-0.2, -0.15) is 5.26 Å². The van der Waals surface area contributed by atoms with Gasteiger partial charge in [-0.25, -0.2) is 0 Å². The second-order valence-electron chi connectivity index (χ2n) is 5.31. The summed E-state index contributed by atoms with van der Waals surface area (Å²) in [6.07, 6.45) is 10.2. The number of allylic oxidation sites excluding steroid dienone is 3. The third-order valence-electron chi connectivity index (χ3n) is 3.75. The third-order valence-corrected chi connectivity index (χ3v) is 4.90. The second-order valence-corrected chi connectivity index (χ2v) is 6.45. The van der Waals surface area contributed by atoms with Crippen LogP contribution in [0.2, 0.25) is 0 Å². The van der Waals surface area contributed by atoms with Gasteiger partial charge in [-0.3, -0.25) is 9.69 Å². The van der Waals surface area contributed by atoms with Gasteiger partial charge in [-0.1, -0.05) is 6.08 Å². The van der Waals surface area contributed by atoms with Gasteiger partial charge < -0.3 is 0 Å². The number of amides is 1. The SMILES string of the molecule is Cc1cc(C(=O)N2C=CC3=CCCCSC3=C2)ccc1C#N. The molecule has 0 aliphatic carbocycles. The molecule has 3 nitrogen and oxygen atoms in total. The Hall–Kier alpha value is -2.25. The number of aryl methyl sites for hydroxylation is 1. The van der Waals surface area contributed by atoms with E-state index in [4.69, 9.17) is 5.26 Å². The van der Waals surface area contributed by atoms with Crippen LogP contribution in [0, 0.1) is 18.3 Å². The van der Waals surface area contributed by atoms with Gasteiger partial charge >= 0.3 is 0 Å². The van der Waals surface area contributed by atoms with E-state index >= 15 is 0 Å². The molecular weight excluding hydrogens is 292 g/mol. The average molecular weight is 308 g/mol. The monoisotopic (exact) mass is 308 g/mol. The molecule has 0 bridgehead atoms. The van der Waals surface area contributed by atoms with E-state index in [1.54, 1.807) is 34.9 Å². The lowest BCUT2D eigenvalue weighted by molar-refractivity contribution is 0.0868. The van der Waals surface area contributed by atoms with Crippen LogP contribution in [0.1, 0.15) is 34.3 Å². The minimum absolute atomic E-state index is 0.0692. The highest BCUT2D eigenvalue weighted by Crippen LogP contribution is 2.33. The summed E-state index contributed by atoms with van der Waals surface area (Å²) in [5, 5.41) is 8.98. The molecule has 2 aliphatic rings. The van der Waals surface area contributed by atoms with E-state index < -0.39 is 0 Å². The van der Waals surface area contributed by atoms with Gasteiger partial charge in [-0.15, -0.1) is 11.8 Å². The van der Waals surface area contributed by atoms with Crippen molar-refractivity contribution in [3.63, 3.8) is 0 Å². The number of rotatable bonds is 1. The predicted octanol–water partition coefficient (Wildman–Crippen LogP) is 4.13. The topological polar surface area (TPSA) is 44.1 Å². The van der Waals surface area contributed by atoms with Crippen molar-refractivity contribution in [3.05, 3.63) is 69.9 Å². The second kappa shape index (κ2) is 6.25. The van der Waals surface area contributed by atoms with E-state index in [0.717, 1.165) is 22.6 Å². The van der Waals surface area contributed by atoms with E-state index in [1.807, 2.05) is 25.4 Å². The molecule has 0 unspecified atom stereocenters. The molecule has 110 valence electrons. The Bertz CT molecular complexity index is 753. The molecule has 0 N–H and O–H groups in total. The molecule has 2 aliphatic heterocycles. The van der Waals surface area contributed by atoms with Crippen molar-refractivity contribution >= 4 is 17.7 Å². The van der Waals surface area contributed by atoms with Gasteiger partial charge in [0.15, 0.2) is 0 Å². The lowest BCUT2D eigenvalue weighted by atomic mass is 10.0. The van der Waals surface area contributed by atoms with Crippen LogP contribution in [0.15, 0.2) is 53.2 Å². The van der Waals surface area contributed by atoms with E-state index in [0.29, 0.717) is 11.1 Å². The highest BCUT2D eigenvalue weighted by Gasteiger charge is 2.19. The van der Waals surface area contributed by atoms with Crippen LogP contribution in [0.25, 0.3) is 0 Å². The molecule has 0 radical (unpaired) electrons. The van der Waals surface area contributed by atoms with E-state index in [1.165, 1.54) is 12.0 Å². The Kier molecular flexibility index (Phi) is 4.17. The molecule has 1 amide bonds. The quantitative estimate of drug-likeness (QED) is 0.783. The van der Waals surface area contributed by atoms with Crippen molar-refractivity contribution in [2.45, 2.75) is 19.8 Å². The van der Waals surface area contributed by atoms with Crippen LogP contribution in [0.3, 0.4) is 0 Å². The van der Waals surface area contributed by atoms with Gasteiger partial charge in [0.1, 0.15) is 0 Å². The van der Waals surface area contributed by atoms with Crippen LogP contribution in [0.4, 0.5) is 0 Å². The maximum atomic E-state index is 12.6. The Balaban J connectivity index is 1.87. The zero-order valence-electron chi connectivity index (χ0n) is 12.4. The molecule has 3 rings (SSSR count). The van der Waals surface area contributed by atoms with Crippen molar-refractivity contribution in [2.75, 3.05) is 5.75 Å². The van der Waals surface area contributed by atoms with Gasteiger partial charge in [0.2, 0.25) is 0 Å². The maximum absolute atomic E-state index is 12.6. The number of benzene rings is 1. The molecule has 2 heterocycles. The Morgan fingerprint density at radius 2 is 2.27 bits per heavy atom. The minimum atomic E-state index is -0.0692. The first-order valence-electron chi connectivity index (χ1n) is 7.26. The number of nitriles is 1. The lowest BCUT2D eigenvalue weighted by Crippen LogP contribution is -2.22. The fourth-order valence-electron chi connectivity index (χ4n) is 2.50. The highest BCUT2D eigenvalue weighted by atomic mass is 32.2. The summed E-state index contributed by atoms with van der Waals surface area (Å²) in [7, 11) is 0. The maximum Gasteiger partial charge on any atom is 0.261 e. The van der Waals surface area contributed by atoms with E-state index in [-0.39, 0.29) is 5.91 Å². The van der Waals surface area contributed by atoms with Crippen LogP contribution in [0.5, 0.6) is 0 Å². The predicted molar refractivity (Wildman–Crippen MR) is 89.1 cm³/mol. The molecule has 0 spiro atoms. The van der Waals surface area contributed by atoms with Crippen LogP contribution >= 0.6 is 11.8 Å². The molecule has 22 heavy (non-hydrogen) atoms. The third kappa shape index (κ3) is 2.86. The summed E-state index contributed by atoms with van der Waals surface area (Å²) in [5.41, 5.74) is 3.24. The number of hydrogen-bond acceptors (Lipinski definition) is 3. The summed E-state index contributed by atoms with van der Waals surface area (Å²) in [6.45, 7) is 1.85. The summed E-state index contributed by atoms with van der Waals surface area (Å²) < 4.78 is 0. The van der Waals surface area contributed by atoms with Gasteiger partial charge in [0.05, 0.1) is 11.6 Å². The molecule has 0 saturated carbocycles. The first-order chi connectivity index (χ1) is 10.7. The van der Waals surface area contributed by atoms with Crippen molar-refractivity contribution in [2.24, 2.45) is 0 Å². The van der Waals surface area contributed by atoms with Gasteiger partial charge in [0, 0.05) is 22.9 Å². The zero-order chi connectivity index (χ0) is 15.5. The Morgan fingerprint density at radius 1 is 1.41 bits per heavy atom. The van der Waals surface area contributed by atoms with Crippen LogP contribution < -0.4 is 0 Å². The molecule has 0 atom stereocenters. The van der Waals surface area contributed by atoms with Crippen LogP contribution in [-0.2, 0) is 0 Å². The molecule has 0 fully saturated rings. The lowest BCUT2D eigenvalue weighted by Gasteiger charge is -2.21. The van der Waals surface area contributed by atoms with Crippen molar-refractivity contribution in [1.82, 2.24) is 4.90 Å². The summed E-state index contributed by atoms with van der Waals surface area (Å²) in [5.74, 6) is 1.01. The molecule has 1 aromatic carbocycles. The van der Waals surface area contributed by atoms with Crippen molar-refractivity contribution < 1.29 is 4.79 Å². The van der Waals surface area contributed by atoms with E-state index in [9.17, 15) is 4.79 Å². The van der Waals surface area contributed by atoms with E-state index in [2.05, 4.69) is 12.1 Å². The first kappa shape index (κ1) is 14.7. The van der Waals surface area contributed by atoms with Crippen molar-refractivity contribution in [1.29, 1.82) is 5.26 Å². The molecule has 1 aromatic rings. The normalized spacial score (nSPS) is 17.0. The largest absolute Gasteiger partial charge is 0.289 e. The van der Waals surface area contributed by atoms with Gasteiger partial charge in [-0.05, 0) is 60.9 Å². The highest BCUT2D eigenvalue weighted by molar-refractivity contribution is 8.03. The first-order valence-corrected chi connectivity index (χ1v) is 8.24. The number of thioether (sulfide) groups is 1. The number of fused-ring (bicyclic) bond motifs is 1. The van der Waals surface area contributed by atoms with Crippen molar-refractivity contribution in [3.8, 4) is 6.07 Å². The van der Waals surface area contributed by atoms with Crippen LogP contribution in [-0.4, -0.2) is 16.6 Å². The molecular formula is C18H16N2OS. The molecule has 0 aromatic heterocycles. The Labute approximate surface area is 134 Å². The smallest absolute Gasteiger partial charge is 0.261 e. The number of hydrogen-bond donors (Lipinski definition) is 0. The molecule has 4 heteroatoms. The standard InChI is InChI=1S/C18H16N2OS/c1-13-10-15(5-6-16(13)11-19)18(21)20-8-7-14-4-2-3-9-22-17(14)12-20/h4-8,10,12H,2-3,9H2,1H3. The summed E-state index contributed by atoms with van der Waals surface area (Å²) in [6, 6.07) is 7.32.